The van der Waals surface area contributed by atoms with Crippen LogP contribution in [0.15, 0.2) is 59.5 Å². The van der Waals surface area contributed by atoms with E-state index < -0.39 is 39.0 Å². The van der Waals surface area contributed by atoms with Crippen LogP contribution >= 0.6 is 0 Å². The first-order chi connectivity index (χ1) is 14.5. The van der Waals surface area contributed by atoms with Crippen LogP contribution in [0.4, 0.5) is 10.5 Å². The molecular formula is C20H22N2O8S. The lowest BCUT2D eigenvalue weighted by Crippen LogP contribution is -2.59. The van der Waals surface area contributed by atoms with Crippen molar-refractivity contribution < 1.29 is 32.2 Å². The number of nitrogens with zero attached hydrogens (tertiary/aromatic N) is 2. The van der Waals surface area contributed by atoms with Gasteiger partial charge in [-0.15, -0.1) is 0 Å². The topological polar surface area (TPSA) is 136 Å². The van der Waals surface area contributed by atoms with Gasteiger partial charge in [0.2, 0.25) is 0 Å². The van der Waals surface area contributed by atoms with Gasteiger partial charge in [0, 0.05) is 18.6 Å². The normalized spacial score (nSPS) is 20.5. The molecular weight excluding hydrogens is 428 g/mol. The number of benzene rings is 2. The number of nitro benzene ring substituents is 1. The molecule has 2 aromatic carbocycles. The van der Waals surface area contributed by atoms with E-state index in [1.54, 1.807) is 38.1 Å². The number of ether oxygens (including phenoxy) is 1. The number of carbonyl (C=O) groups is 1. The summed E-state index contributed by atoms with van der Waals surface area (Å²) in [4.78, 5) is 23.1. The molecule has 3 rings (SSSR count). The van der Waals surface area contributed by atoms with Crippen molar-refractivity contribution in [2.24, 2.45) is 0 Å². The number of hydrogen-bond donors (Lipinski definition) is 1. The fourth-order valence-corrected chi connectivity index (χ4v) is 4.68. The molecule has 0 aliphatic carbocycles. The third-order valence-electron chi connectivity index (χ3n) is 5.09. The van der Waals surface area contributed by atoms with Gasteiger partial charge in [-0.05, 0) is 31.5 Å². The molecule has 31 heavy (non-hydrogen) atoms. The molecule has 1 aliphatic rings. The van der Waals surface area contributed by atoms with E-state index in [0.717, 1.165) is 34.7 Å². The Morgan fingerprint density at radius 1 is 1.19 bits per heavy atom. The van der Waals surface area contributed by atoms with Crippen LogP contribution in [-0.4, -0.2) is 53.9 Å². The summed E-state index contributed by atoms with van der Waals surface area (Å²) in [7, 11) is -4.30. The standard InChI is InChI=1S/C20H22N2O8S/c1-19(2)21(18(23)24)20(13-29-19,12-15-6-4-3-5-7-15)14-30-31(27,28)17-10-8-16(9-11-17)22(25)26/h3-11H,12-14H2,1-2H3,(H,23,24)/t20-/m1/s1. The van der Waals surface area contributed by atoms with Crippen molar-refractivity contribution in [3.63, 3.8) is 0 Å². The average molecular weight is 450 g/mol. The first-order valence-corrected chi connectivity index (χ1v) is 10.7. The Bertz CT molecular complexity index is 1070. The van der Waals surface area contributed by atoms with Crippen LogP contribution in [0.3, 0.4) is 0 Å². The first kappa shape index (κ1) is 22.7. The van der Waals surface area contributed by atoms with E-state index in [2.05, 4.69) is 0 Å². The molecule has 0 spiro atoms. The van der Waals surface area contributed by atoms with Gasteiger partial charge in [-0.25, -0.2) is 4.79 Å². The quantitative estimate of drug-likeness (QED) is 0.386. The molecule has 1 fully saturated rings. The van der Waals surface area contributed by atoms with Crippen molar-refractivity contribution in [3.05, 3.63) is 70.3 Å². The smallest absolute Gasteiger partial charge is 0.410 e. The van der Waals surface area contributed by atoms with E-state index in [1.807, 2.05) is 6.07 Å². The molecule has 1 amide bonds. The van der Waals surface area contributed by atoms with Crippen LogP contribution in [0, 0.1) is 10.1 Å². The first-order valence-electron chi connectivity index (χ1n) is 9.32. The fourth-order valence-electron chi connectivity index (χ4n) is 3.70. The highest BCUT2D eigenvalue weighted by molar-refractivity contribution is 7.86. The minimum absolute atomic E-state index is 0.0724. The lowest BCUT2D eigenvalue weighted by molar-refractivity contribution is -0.384. The number of nitro groups is 1. The molecule has 2 aromatic rings. The summed E-state index contributed by atoms with van der Waals surface area (Å²) >= 11 is 0. The van der Waals surface area contributed by atoms with E-state index in [1.165, 1.54) is 0 Å². The van der Waals surface area contributed by atoms with Gasteiger partial charge < -0.3 is 9.84 Å². The van der Waals surface area contributed by atoms with Crippen molar-refractivity contribution >= 4 is 21.9 Å². The van der Waals surface area contributed by atoms with E-state index in [-0.39, 0.29) is 23.6 Å². The summed E-state index contributed by atoms with van der Waals surface area (Å²) in [6.45, 7) is 2.60. The summed E-state index contributed by atoms with van der Waals surface area (Å²) in [5, 5.41) is 20.7. The zero-order chi connectivity index (χ0) is 22.9. The zero-order valence-electron chi connectivity index (χ0n) is 16.9. The van der Waals surface area contributed by atoms with Gasteiger partial charge in [0.05, 0.1) is 23.0 Å². The summed E-state index contributed by atoms with van der Waals surface area (Å²) in [5.41, 5.74) is -1.97. The fraction of sp³-hybridized carbons (Fsp3) is 0.350. The summed E-state index contributed by atoms with van der Waals surface area (Å²) in [5.74, 6) is 0. The molecule has 11 heteroatoms. The molecule has 1 atom stereocenters. The van der Waals surface area contributed by atoms with Crippen molar-refractivity contribution in [1.29, 1.82) is 0 Å². The molecule has 1 heterocycles. The molecule has 0 unspecified atom stereocenters. The van der Waals surface area contributed by atoms with Gasteiger partial charge in [-0.1, -0.05) is 30.3 Å². The van der Waals surface area contributed by atoms with Crippen LogP contribution in [0.5, 0.6) is 0 Å². The van der Waals surface area contributed by atoms with Crippen LogP contribution in [0.25, 0.3) is 0 Å². The van der Waals surface area contributed by atoms with Crippen molar-refractivity contribution in [2.45, 2.75) is 36.4 Å². The van der Waals surface area contributed by atoms with Crippen molar-refractivity contribution in [3.8, 4) is 0 Å². The maximum Gasteiger partial charge on any atom is 0.410 e. The maximum absolute atomic E-state index is 12.7. The van der Waals surface area contributed by atoms with Gasteiger partial charge in [0.15, 0.2) is 0 Å². The van der Waals surface area contributed by atoms with Crippen LogP contribution in [-0.2, 0) is 25.5 Å². The van der Waals surface area contributed by atoms with E-state index in [9.17, 15) is 28.4 Å². The Balaban J connectivity index is 1.92. The Kier molecular flexibility index (Phi) is 6.03. The number of amides is 1. The van der Waals surface area contributed by atoms with E-state index >= 15 is 0 Å². The summed E-state index contributed by atoms with van der Waals surface area (Å²) in [6, 6.07) is 13.3. The molecule has 1 saturated heterocycles. The van der Waals surface area contributed by atoms with Crippen molar-refractivity contribution in [2.75, 3.05) is 13.2 Å². The lowest BCUT2D eigenvalue weighted by atomic mass is 9.90. The Morgan fingerprint density at radius 2 is 1.81 bits per heavy atom. The number of hydrogen-bond acceptors (Lipinski definition) is 7. The molecule has 166 valence electrons. The predicted octanol–water partition coefficient (Wildman–Crippen LogP) is 3.03. The predicted molar refractivity (Wildman–Crippen MR) is 109 cm³/mol. The van der Waals surface area contributed by atoms with E-state index in [4.69, 9.17) is 8.92 Å². The molecule has 10 nitrogen and oxygen atoms in total. The van der Waals surface area contributed by atoms with Gasteiger partial charge >= 0.3 is 6.09 Å². The van der Waals surface area contributed by atoms with Gasteiger partial charge in [-0.2, -0.15) is 8.42 Å². The van der Waals surface area contributed by atoms with Crippen LogP contribution < -0.4 is 0 Å². The van der Waals surface area contributed by atoms with Gasteiger partial charge in [0.25, 0.3) is 15.8 Å². The highest BCUT2D eigenvalue weighted by Gasteiger charge is 2.55. The zero-order valence-corrected chi connectivity index (χ0v) is 17.7. The average Bonchev–Trinajstić information content (AvgIpc) is 2.98. The second kappa shape index (κ2) is 8.25. The monoisotopic (exact) mass is 450 g/mol. The molecule has 0 aromatic heterocycles. The Morgan fingerprint density at radius 3 is 2.35 bits per heavy atom. The highest BCUT2D eigenvalue weighted by Crippen LogP contribution is 2.38. The van der Waals surface area contributed by atoms with Gasteiger partial charge in [-0.3, -0.25) is 19.2 Å². The largest absolute Gasteiger partial charge is 0.465 e. The second-order valence-corrected chi connectivity index (χ2v) is 9.32. The molecule has 1 aliphatic heterocycles. The third kappa shape index (κ3) is 4.68. The number of carboxylic acid groups (broad SMARTS) is 1. The molecule has 0 radical (unpaired) electrons. The summed E-state index contributed by atoms with van der Waals surface area (Å²) < 4.78 is 36.4. The number of non-ortho nitro benzene ring substituents is 1. The van der Waals surface area contributed by atoms with Crippen LogP contribution in [0.1, 0.15) is 19.4 Å². The highest BCUT2D eigenvalue weighted by atomic mass is 32.2. The minimum Gasteiger partial charge on any atom is -0.465 e. The summed E-state index contributed by atoms with van der Waals surface area (Å²) in [6.07, 6.45) is -1.10. The molecule has 1 N–H and O–H groups in total. The molecule has 0 saturated carbocycles. The SMILES string of the molecule is CC1(C)OC[C@@](COS(=O)(=O)c2ccc([N+](=O)[O-])cc2)(Cc2ccccc2)N1C(=O)O. The Hall–Kier alpha value is -3.02. The Labute approximate surface area is 179 Å². The van der Waals surface area contributed by atoms with Gasteiger partial charge in [0.1, 0.15) is 11.3 Å². The third-order valence-corrected chi connectivity index (χ3v) is 6.37. The number of rotatable bonds is 7. The van der Waals surface area contributed by atoms with Crippen LogP contribution in [0.2, 0.25) is 0 Å². The lowest BCUT2D eigenvalue weighted by Gasteiger charge is -2.39. The maximum atomic E-state index is 12.7. The van der Waals surface area contributed by atoms with Crippen molar-refractivity contribution in [1.82, 2.24) is 4.90 Å². The second-order valence-electron chi connectivity index (χ2n) is 7.71. The molecule has 0 bridgehead atoms. The minimum atomic E-state index is -4.30. The van der Waals surface area contributed by atoms with E-state index in [0.29, 0.717) is 0 Å².